The highest BCUT2D eigenvalue weighted by molar-refractivity contribution is 5.99. The first-order valence-electron chi connectivity index (χ1n) is 6.96. The SMILES string of the molecule is CC(=O)c1cccc(NC(=O)C2C3C=CC(O3)C2C(=O)O)c1. The number of ketones is 1. The fraction of sp³-hybridized carbons (Fsp3) is 0.312. The number of benzene rings is 1. The molecule has 1 aromatic rings. The van der Waals surface area contributed by atoms with Crippen molar-refractivity contribution in [3.63, 3.8) is 0 Å². The van der Waals surface area contributed by atoms with Crippen LogP contribution in [-0.2, 0) is 14.3 Å². The van der Waals surface area contributed by atoms with Crippen LogP contribution in [0.15, 0.2) is 36.4 Å². The first-order chi connectivity index (χ1) is 10.5. The van der Waals surface area contributed by atoms with Crippen molar-refractivity contribution < 1.29 is 24.2 Å². The summed E-state index contributed by atoms with van der Waals surface area (Å²) in [4.78, 5) is 35.2. The molecule has 1 saturated heterocycles. The number of amides is 1. The molecule has 1 amide bonds. The van der Waals surface area contributed by atoms with Crippen LogP contribution >= 0.6 is 0 Å². The molecule has 22 heavy (non-hydrogen) atoms. The van der Waals surface area contributed by atoms with Gasteiger partial charge in [-0.05, 0) is 19.1 Å². The molecule has 6 heteroatoms. The molecular formula is C16H15NO5. The van der Waals surface area contributed by atoms with E-state index in [0.29, 0.717) is 11.3 Å². The zero-order chi connectivity index (χ0) is 15.9. The van der Waals surface area contributed by atoms with Crippen molar-refractivity contribution in [1.82, 2.24) is 0 Å². The van der Waals surface area contributed by atoms with Gasteiger partial charge in [0.2, 0.25) is 5.91 Å². The molecule has 1 aromatic carbocycles. The second-order valence-corrected chi connectivity index (χ2v) is 5.47. The number of hydrogen-bond acceptors (Lipinski definition) is 4. The number of carbonyl (C=O) groups is 3. The molecule has 114 valence electrons. The monoisotopic (exact) mass is 301 g/mol. The Labute approximate surface area is 126 Å². The molecule has 6 nitrogen and oxygen atoms in total. The Bertz CT molecular complexity index is 681. The minimum Gasteiger partial charge on any atom is -0.481 e. The molecule has 2 aliphatic heterocycles. The fourth-order valence-corrected chi connectivity index (χ4v) is 2.96. The Morgan fingerprint density at radius 1 is 1.14 bits per heavy atom. The number of fused-ring (bicyclic) bond motifs is 2. The molecule has 2 aliphatic rings. The van der Waals surface area contributed by atoms with E-state index in [2.05, 4.69) is 5.32 Å². The maximum Gasteiger partial charge on any atom is 0.310 e. The Kier molecular flexibility index (Phi) is 3.54. The third-order valence-electron chi connectivity index (χ3n) is 4.02. The summed E-state index contributed by atoms with van der Waals surface area (Å²) in [6.45, 7) is 1.44. The Balaban J connectivity index is 1.80. The Morgan fingerprint density at radius 2 is 1.82 bits per heavy atom. The molecule has 4 unspecified atom stereocenters. The predicted molar refractivity (Wildman–Crippen MR) is 77.5 cm³/mol. The van der Waals surface area contributed by atoms with Crippen molar-refractivity contribution in [2.75, 3.05) is 5.32 Å². The zero-order valence-electron chi connectivity index (χ0n) is 11.9. The van der Waals surface area contributed by atoms with Crippen LogP contribution in [0.25, 0.3) is 0 Å². The maximum atomic E-state index is 12.4. The highest BCUT2D eigenvalue weighted by Gasteiger charge is 2.53. The number of carboxylic acids is 1. The van der Waals surface area contributed by atoms with E-state index in [1.807, 2.05) is 0 Å². The summed E-state index contributed by atoms with van der Waals surface area (Å²) < 4.78 is 5.47. The van der Waals surface area contributed by atoms with Gasteiger partial charge in [-0.3, -0.25) is 14.4 Å². The number of nitrogens with one attached hydrogen (secondary N) is 1. The molecule has 2 heterocycles. The van der Waals surface area contributed by atoms with Gasteiger partial charge in [0.05, 0.1) is 18.1 Å². The van der Waals surface area contributed by atoms with Gasteiger partial charge >= 0.3 is 5.97 Å². The minimum atomic E-state index is -1.05. The first kappa shape index (κ1) is 14.5. The van der Waals surface area contributed by atoms with Gasteiger partial charge in [0.25, 0.3) is 0 Å². The lowest BCUT2D eigenvalue weighted by Crippen LogP contribution is -2.39. The molecule has 0 radical (unpaired) electrons. The molecule has 2 N–H and O–H groups in total. The summed E-state index contributed by atoms with van der Waals surface area (Å²) in [5, 5.41) is 12.0. The predicted octanol–water partition coefficient (Wildman–Crippen LogP) is 1.48. The number of carbonyl (C=O) groups excluding carboxylic acids is 2. The van der Waals surface area contributed by atoms with E-state index in [1.165, 1.54) is 6.92 Å². The van der Waals surface area contributed by atoms with Crippen LogP contribution in [0.3, 0.4) is 0 Å². The lowest BCUT2D eigenvalue weighted by Gasteiger charge is -2.21. The highest BCUT2D eigenvalue weighted by atomic mass is 16.5. The lowest BCUT2D eigenvalue weighted by molar-refractivity contribution is -0.145. The number of rotatable bonds is 4. The fourth-order valence-electron chi connectivity index (χ4n) is 2.96. The van der Waals surface area contributed by atoms with Crippen LogP contribution < -0.4 is 5.32 Å². The standard InChI is InChI=1S/C16H15NO5/c1-8(18)9-3-2-4-10(7-9)17-15(19)13-11-5-6-12(22-11)14(13)16(20)21/h2-7,11-14H,1H3,(H,17,19)(H,20,21). The molecule has 0 aromatic heterocycles. The molecule has 4 atom stereocenters. The van der Waals surface area contributed by atoms with Crippen molar-refractivity contribution in [2.24, 2.45) is 11.8 Å². The molecule has 2 bridgehead atoms. The number of hydrogen-bond donors (Lipinski definition) is 2. The number of Topliss-reactive ketones (excluding diaryl/α,β-unsaturated/α-hetero) is 1. The van der Waals surface area contributed by atoms with E-state index in [4.69, 9.17) is 4.74 Å². The minimum absolute atomic E-state index is 0.106. The summed E-state index contributed by atoms with van der Waals surface area (Å²) in [6, 6.07) is 6.55. The Hall–Kier alpha value is -2.47. The smallest absolute Gasteiger partial charge is 0.310 e. The second kappa shape index (κ2) is 5.38. The van der Waals surface area contributed by atoms with Gasteiger partial charge in [0.15, 0.2) is 5.78 Å². The van der Waals surface area contributed by atoms with Gasteiger partial charge in [-0.1, -0.05) is 24.3 Å². The first-order valence-corrected chi connectivity index (χ1v) is 6.96. The Morgan fingerprint density at radius 3 is 2.45 bits per heavy atom. The largest absolute Gasteiger partial charge is 0.481 e. The number of ether oxygens (including phenoxy) is 1. The van der Waals surface area contributed by atoms with Gasteiger partial charge in [0.1, 0.15) is 5.92 Å². The maximum absolute atomic E-state index is 12.4. The average molecular weight is 301 g/mol. The third kappa shape index (κ3) is 2.42. The molecule has 0 saturated carbocycles. The summed E-state index contributed by atoms with van der Waals surface area (Å²) in [5.74, 6) is -3.22. The van der Waals surface area contributed by atoms with Crippen molar-refractivity contribution in [3.05, 3.63) is 42.0 Å². The van der Waals surface area contributed by atoms with Crippen molar-refractivity contribution in [2.45, 2.75) is 19.1 Å². The van der Waals surface area contributed by atoms with Crippen LogP contribution in [0.1, 0.15) is 17.3 Å². The topological polar surface area (TPSA) is 92.7 Å². The van der Waals surface area contributed by atoms with Gasteiger partial charge in [-0.15, -0.1) is 0 Å². The molecule has 1 fully saturated rings. The number of aliphatic carboxylic acids is 1. The number of anilines is 1. The summed E-state index contributed by atoms with van der Waals surface area (Å²) in [7, 11) is 0. The third-order valence-corrected chi connectivity index (χ3v) is 4.02. The normalized spacial score (nSPS) is 28.6. The molecular weight excluding hydrogens is 286 g/mol. The molecule has 3 rings (SSSR count). The van der Waals surface area contributed by atoms with E-state index in [-0.39, 0.29) is 5.78 Å². The molecule has 0 spiro atoms. The quantitative estimate of drug-likeness (QED) is 0.649. The van der Waals surface area contributed by atoms with E-state index < -0.39 is 35.9 Å². The highest BCUT2D eigenvalue weighted by Crippen LogP contribution is 2.39. The van der Waals surface area contributed by atoms with E-state index in [1.54, 1.807) is 36.4 Å². The van der Waals surface area contributed by atoms with Crippen molar-refractivity contribution in [1.29, 1.82) is 0 Å². The van der Waals surface area contributed by atoms with Gasteiger partial charge in [-0.25, -0.2) is 0 Å². The van der Waals surface area contributed by atoms with Crippen LogP contribution in [-0.4, -0.2) is 35.0 Å². The van der Waals surface area contributed by atoms with Crippen LogP contribution in [0.5, 0.6) is 0 Å². The van der Waals surface area contributed by atoms with Gasteiger partial charge < -0.3 is 15.2 Å². The van der Waals surface area contributed by atoms with E-state index in [0.717, 1.165) is 0 Å². The van der Waals surface area contributed by atoms with Crippen LogP contribution in [0.4, 0.5) is 5.69 Å². The van der Waals surface area contributed by atoms with Gasteiger partial charge in [0, 0.05) is 11.3 Å². The average Bonchev–Trinajstić information content (AvgIpc) is 3.07. The van der Waals surface area contributed by atoms with E-state index >= 15 is 0 Å². The summed E-state index contributed by atoms with van der Waals surface area (Å²) >= 11 is 0. The summed E-state index contributed by atoms with van der Waals surface area (Å²) in [5.41, 5.74) is 0.949. The number of carboxylic acid groups (broad SMARTS) is 1. The van der Waals surface area contributed by atoms with Crippen LogP contribution in [0.2, 0.25) is 0 Å². The second-order valence-electron chi connectivity index (χ2n) is 5.47. The van der Waals surface area contributed by atoms with E-state index in [9.17, 15) is 19.5 Å². The molecule has 0 aliphatic carbocycles. The van der Waals surface area contributed by atoms with Crippen molar-refractivity contribution >= 4 is 23.3 Å². The van der Waals surface area contributed by atoms with Gasteiger partial charge in [-0.2, -0.15) is 0 Å². The zero-order valence-corrected chi connectivity index (χ0v) is 11.9. The van der Waals surface area contributed by atoms with Crippen molar-refractivity contribution in [3.8, 4) is 0 Å². The van der Waals surface area contributed by atoms with Crippen LogP contribution in [0, 0.1) is 11.8 Å². The lowest BCUT2D eigenvalue weighted by atomic mass is 9.82. The summed E-state index contributed by atoms with van der Waals surface area (Å²) in [6.07, 6.45) is 2.34.